The third-order valence-electron chi connectivity index (χ3n) is 6.96. The van der Waals surface area contributed by atoms with Crippen molar-refractivity contribution in [3.8, 4) is 0 Å². The molecule has 0 unspecified atom stereocenters. The van der Waals surface area contributed by atoms with Gasteiger partial charge in [0.15, 0.2) is 0 Å². The summed E-state index contributed by atoms with van der Waals surface area (Å²) in [6.07, 6.45) is 1.35. The van der Waals surface area contributed by atoms with Crippen LogP contribution in [0.4, 0.5) is 14.9 Å². The number of nitrogens with zero attached hydrogens (tertiary/aromatic N) is 2. The van der Waals surface area contributed by atoms with Crippen LogP contribution in [0.3, 0.4) is 0 Å². The van der Waals surface area contributed by atoms with Gasteiger partial charge in [0.1, 0.15) is 5.82 Å². The molecule has 2 aromatic rings. The van der Waals surface area contributed by atoms with Gasteiger partial charge in [0.05, 0.1) is 10.4 Å². The fraction of sp³-hybridized carbons (Fsp3) is 0.481. The second-order valence-electron chi connectivity index (χ2n) is 9.77. The van der Waals surface area contributed by atoms with E-state index in [1.165, 1.54) is 6.07 Å². The van der Waals surface area contributed by atoms with Gasteiger partial charge in [0, 0.05) is 31.1 Å². The van der Waals surface area contributed by atoms with Crippen LogP contribution in [0, 0.1) is 5.82 Å². The molecule has 0 atom stereocenters. The Kier molecular flexibility index (Phi) is 7.22. The average molecular weight is 484 g/mol. The Morgan fingerprint density at radius 1 is 0.941 bits per heavy atom. The molecule has 34 heavy (non-hydrogen) atoms. The maximum Gasteiger partial charge on any atom is 0.321 e. The summed E-state index contributed by atoms with van der Waals surface area (Å²) in [7, 11) is 0. The summed E-state index contributed by atoms with van der Waals surface area (Å²) >= 11 is 1.76. The number of carbonyl (C=O) groups is 2. The van der Waals surface area contributed by atoms with E-state index in [1.54, 1.807) is 30.0 Å². The normalized spacial score (nSPS) is 17.6. The number of urea groups is 1. The van der Waals surface area contributed by atoms with E-state index in [9.17, 15) is 14.0 Å². The van der Waals surface area contributed by atoms with Crippen LogP contribution in [-0.2, 0) is 0 Å². The van der Waals surface area contributed by atoms with Gasteiger partial charge >= 0.3 is 6.03 Å². The van der Waals surface area contributed by atoms with Crippen molar-refractivity contribution in [2.24, 2.45) is 0 Å². The fourth-order valence-electron chi connectivity index (χ4n) is 5.03. The first-order chi connectivity index (χ1) is 16.2. The van der Waals surface area contributed by atoms with Crippen LogP contribution >= 0.6 is 11.8 Å². The van der Waals surface area contributed by atoms with Crippen LogP contribution < -0.4 is 5.32 Å². The van der Waals surface area contributed by atoms with Crippen LogP contribution in [0.5, 0.6) is 0 Å². The van der Waals surface area contributed by atoms with Crippen molar-refractivity contribution in [2.75, 3.05) is 30.7 Å². The molecule has 7 heteroatoms. The molecule has 0 saturated carbocycles. The van der Waals surface area contributed by atoms with Gasteiger partial charge in [-0.05, 0) is 47.9 Å². The third kappa shape index (κ3) is 4.67. The van der Waals surface area contributed by atoms with Gasteiger partial charge in [-0.2, -0.15) is 0 Å². The van der Waals surface area contributed by atoms with E-state index in [2.05, 4.69) is 51.2 Å². The number of benzene rings is 2. The predicted octanol–water partition coefficient (Wildman–Crippen LogP) is 6.29. The standard InChI is InChI=1S/C27H34FN3O2S/c1-18(2)20-9-7-10-21(19(3)4)24(20)29-26(33)30-14-12-27(13-15-30)31(16-17-34-27)25(32)22-8-5-6-11-23(22)28/h5-11,18-19H,12-17H2,1-4H3,(H,29,33). The van der Waals surface area contributed by atoms with Crippen molar-refractivity contribution in [3.05, 3.63) is 65.0 Å². The van der Waals surface area contributed by atoms with Crippen molar-refractivity contribution in [1.82, 2.24) is 9.80 Å². The van der Waals surface area contributed by atoms with E-state index < -0.39 is 5.82 Å². The van der Waals surface area contributed by atoms with E-state index in [-0.39, 0.29) is 22.4 Å². The number of hydrogen-bond acceptors (Lipinski definition) is 3. The summed E-state index contributed by atoms with van der Waals surface area (Å²) in [6.45, 7) is 10.3. The van der Waals surface area contributed by atoms with Gasteiger partial charge in [0.25, 0.3) is 5.91 Å². The molecule has 0 aliphatic carbocycles. The lowest BCUT2D eigenvalue weighted by atomic mass is 9.92. The van der Waals surface area contributed by atoms with Crippen LogP contribution in [-0.4, -0.2) is 52.0 Å². The number of halogens is 1. The topological polar surface area (TPSA) is 52.7 Å². The van der Waals surface area contributed by atoms with Crippen molar-refractivity contribution in [1.29, 1.82) is 0 Å². The zero-order valence-corrected chi connectivity index (χ0v) is 21.3. The quantitative estimate of drug-likeness (QED) is 0.556. The molecule has 2 aromatic carbocycles. The summed E-state index contributed by atoms with van der Waals surface area (Å²) < 4.78 is 14.3. The van der Waals surface area contributed by atoms with E-state index in [0.717, 1.165) is 22.6 Å². The Bertz CT molecular complexity index is 1040. The van der Waals surface area contributed by atoms with Crippen molar-refractivity contribution in [2.45, 2.75) is 57.2 Å². The van der Waals surface area contributed by atoms with Crippen molar-refractivity contribution < 1.29 is 14.0 Å². The number of piperidine rings is 1. The highest BCUT2D eigenvalue weighted by Gasteiger charge is 2.47. The van der Waals surface area contributed by atoms with Gasteiger partial charge in [0.2, 0.25) is 0 Å². The van der Waals surface area contributed by atoms with Gasteiger partial charge in [-0.1, -0.05) is 58.0 Å². The molecule has 4 rings (SSSR count). The molecule has 0 radical (unpaired) electrons. The molecule has 2 fully saturated rings. The van der Waals surface area contributed by atoms with Crippen molar-refractivity contribution >= 4 is 29.4 Å². The molecule has 1 spiro atoms. The highest BCUT2D eigenvalue weighted by atomic mass is 32.2. The zero-order chi connectivity index (χ0) is 24.5. The monoisotopic (exact) mass is 483 g/mol. The molecule has 0 bridgehead atoms. The van der Waals surface area contributed by atoms with Crippen LogP contribution in [0.1, 0.15) is 73.9 Å². The van der Waals surface area contributed by atoms with E-state index in [1.807, 2.05) is 9.80 Å². The van der Waals surface area contributed by atoms with Crippen LogP contribution in [0.25, 0.3) is 0 Å². The number of thioether (sulfide) groups is 1. The largest absolute Gasteiger partial charge is 0.324 e. The molecular weight excluding hydrogens is 449 g/mol. The highest BCUT2D eigenvalue weighted by Crippen LogP contribution is 2.45. The molecule has 2 heterocycles. The number of likely N-dealkylation sites (tertiary alicyclic amines) is 1. The highest BCUT2D eigenvalue weighted by molar-refractivity contribution is 8.00. The molecule has 1 N–H and O–H groups in total. The molecule has 2 saturated heterocycles. The maximum atomic E-state index is 14.3. The Labute approximate surface area is 206 Å². The Morgan fingerprint density at radius 2 is 1.56 bits per heavy atom. The lowest BCUT2D eigenvalue weighted by Gasteiger charge is -2.44. The number of anilines is 1. The first-order valence-electron chi connectivity index (χ1n) is 12.1. The Balaban J connectivity index is 1.47. The first-order valence-corrected chi connectivity index (χ1v) is 13.1. The lowest BCUT2D eigenvalue weighted by Crippen LogP contribution is -2.54. The molecular formula is C27H34FN3O2S. The number of hydrogen-bond donors (Lipinski definition) is 1. The summed E-state index contributed by atoms with van der Waals surface area (Å²) in [5.41, 5.74) is 3.32. The average Bonchev–Trinajstić information content (AvgIpc) is 3.22. The lowest BCUT2D eigenvalue weighted by molar-refractivity contribution is 0.0581. The molecule has 2 aliphatic heterocycles. The van der Waals surface area contributed by atoms with Gasteiger partial charge in [-0.25, -0.2) is 9.18 Å². The van der Waals surface area contributed by atoms with Crippen LogP contribution in [0.2, 0.25) is 0 Å². The molecule has 5 nitrogen and oxygen atoms in total. The SMILES string of the molecule is CC(C)c1cccc(C(C)C)c1NC(=O)N1CCC2(CC1)SCCN2C(=O)c1ccccc1F. The number of nitrogens with one attached hydrogen (secondary N) is 1. The second-order valence-corrected chi connectivity index (χ2v) is 11.2. The predicted molar refractivity (Wildman–Crippen MR) is 137 cm³/mol. The van der Waals surface area contributed by atoms with E-state index in [0.29, 0.717) is 44.3 Å². The second kappa shape index (κ2) is 9.98. The van der Waals surface area contributed by atoms with Gasteiger partial charge in [-0.15, -0.1) is 11.8 Å². The Hall–Kier alpha value is -2.54. The zero-order valence-electron chi connectivity index (χ0n) is 20.4. The van der Waals surface area contributed by atoms with Gasteiger partial charge in [-0.3, -0.25) is 4.79 Å². The van der Waals surface area contributed by atoms with Crippen molar-refractivity contribution in [3.63, 3.8) is 0 Å². The Morgan fingerprint density at radius 3 is 2.15 bits per heavy atom. The molecule has 2 aliphatic rings. The smallest absolute Gasteiger partial charge is 0.321 e. The fourth-order valence-corrected chi connectivity index (χ4v) is 6.49. The maximum absolute atomic E-state index is 14.3. The summed E-state index contributed by atoms with van der Waals surface area (Å²) in [4.78, 5) is 29.8. The van der Waals surface area contributed by atoms with Gasteiger partial charge < -0.3 is 15.1 Å². The number of para-hydroxylation sites is 1. The molecule has 182 valence electrons. The summed E-state index contributed by atoms with van der Waals surface area (Å²) in [6, 6.07) is 12.3. The molecule has 0 aromatic heterocycles. The minimum atomic E-state index is -0.485. The first kappa shape index (κ1) is 24.6. The summed E-state index contributed by atoms with van der Waals surface area (Å²) in [5.74, 6) is 0.679. The number of rotatable bonds is 4. The third-order valence-corrected chi connectivity index (χ3v) is 8.52. The summed E-state index contributed by atoms with van der Waals surface area (Å²) in [5, 5.41) is 3.21. The number of amides is 3. The minimum Gasteiger partial charge on any atom is -0.324 e. The van der Waals surface area contributed by atoms with Crippen LogP contribution in [0.15, 0.2) is 42.5 Å². The van der Waals surface area contributed by atoms with E-state index >= 15 is 0 Å². The minimum absolute atomic E-state index is 0.0974. The molecule has 3 amide bonds. The van der Waals surface area contributed by atoms with E-state index in [4.69, 9.17) is 0 Å². The number of carbonyl (C=O) groups excluding carboxylic acids is 2.